The first-order valence-electron chi connectivity index (χ1n) is 6.12. The Morgan fingerprint density at radius 3 is 2.94 bits per heavy atom. The van der Waals surface area contributed by atoms with E-state index in [0.29, 0.717) is 11.6 Å². The normalized spacial score (nSPS) is 14.7. The van der Waals surface area contributed by atoms with Crippen LogP contribution in [0.15, 0.2) is 22.8 Å². The number of pyridine rings is 1. The Kier molecular flexibility index (Phi) is 4.15. The molecule has 1 aliphatic carbocycles. The van der Waals surface area contributed by atoms with Crippen molar-refractivity contribution in [2.75, 3.05) is 13.1 Å². The molecule has 1 amide bonds. The Morgan fingerprint density at radius 1 is 1.59 bits per heavy atom. The van der Waals surface area contributed by atoms with Gasteiger partial charge in [-0.15, -0.1) is 0 Å². The van der Waals surface area contributed by atoms with Gasteiger partial charge >= 0.3 is 0 Å². The van der Waals surface area contributed by atoms with Crippen molar-refractivity contribution < 1.29 is 4.79 Å². The van der Waals surface area contributed by atoms with E-state index < -0.39 is 0 Å². The van der Waals surface area contributed by atoms with Crippen LogP contribution in [0, 0.1) is 5.92 Å². The maximum Gasteiger partial charge on any atom is 0.273 e. The molecule has 0 bridgehead atoms. The molecule has 4 heteroatoms. The second kappa shape index (κ2) is 5.63. The number of hydrogen-bond acceptors (Lipinski definition) is 2. The van der Waals surface area contributed by atoms with Crippen molar-refractivity contribution in [2.24, 2.45) is 5.92 Å². The van der Waals surface area contributed by atoms with Crippen LogP contribution in [0.5, 0.6) is 0 Å². The van der Waals surface area contributed by atoms with Crippen LogP contribution in [-0.2, 0) is 0 Å². The average Bonchev–Trinajstić information content (AvgIpc) is 3.12. The summed E-state index contributed by atoms with van der Waals surface area (Å²) in [5, 5.41) is 0. The molecule has 0 aliphatic heterocycles. The van der Waals surface area contributed by atoms with Gasteiger partial charge in [0.1, 0.15) is 5.69 Å². The topological polar surface area (TPSA) is 33.2 Å². The maximum atomic E-state index is 12.4. The number of carbonyl (C=O) groups is 1. The smallest absolute Gasteiger partial charge is 0.273 e. The van der Waals surface area contributed by atoms with Gasteiger partial charge in [0.2, 0.25) is 0 Å². The van der Waals surface area contributed by atoms with E-state index in [1.165, 1.54) is 12.8 Å². The van der Waals surface area contributed by atoms with E-state index in [0.717, 1.165) is 24.0 Å². The Labute approximate surface area is 110 Å². The van der Waals surface area contributed by atoms with Crippen molar-refractivity contribution >= 4 is 21.8 Å². The van der Waals surface area contributed by atoms with Gasteiger partial charge in [-0.1, -0.05) is 6.92 Å². The summed E-state index contributed by atoms with van der Waals surface area (Å²) in [5.74, 6) is 0.763. The summed E-state index contributed by atoms with van der Waals surface area (Å²) in [6, 6.07) is 3.69. The van der Waals surface area contributed by atoms with Crippen molar-refractivity contribution in [3.8, 4) is 0 Å². The SMILES string of the molecule is CCCN(CC1CC1)C(=O)c1ncccc1Br. The lowest BCUT2D eigenvalue weighted by Gasteiger charge is -2.21. The third-order valence-corrected chi connectivity index (χ3v) is 3.56. The Morgan fingerprint density at radius 2 is 2.35 bits per heavy atom. The summed E-state index contributed by atoms with van der Waals surface area (Å²) in [6.45, 7) is 3.80. The van der Waals surface area contributed by atoms with Gasteiger partial charge in [-0.05, 0) is 53.2 Å². The van der Waals surface area contributed by atoms with Crippen LogP contribution < -0.4 is 0 Å². The fourth-order valence-corrected chi connectivity index (χ4v) is 2.28. The zero-order valence-electron chi connectivity index (χ0n) is 10.0. The van der Waals surface area contributed by atoms with E-state index in [1.54, 1.807) is 6.20 Å². The number of hydrogen-bond donors (Lipinski definition) is 0. The van der Waals surface area contributed by atoms with Gasteiger partial charge in [0, 0.05) is 23.8 Å². The standard InChI is InChI=1S/C13H17BrN2O/c1-2-8-16(9-10-5-6-10)13(17)12-11(14)4-3-7-15-12/h3-4,7,10H,2,5-6,8-9H2,1H3. The Hall–Kier alpha value is -0.900. The van der Waals surface area contributed by atoms with Gasteiger partial charge in [-0.25, -0.2) is 4.98 Å². The Balaban J connectivity index is 2.11. The van der Waals surface area contributed by atoms with Gasteiger partial charge < -0.3 is 4.90 Å². The number of aromatic nitrogens is 1. The molecule has 0 spiro atoms. The molecule has 92 valence electrons. The number of nitrogens with zero attached hydrogens (tertiary/aromatic N) is 2. The lowest BCUT2D eigenvalue weighted by atomic mass is 10.2. The predicted octanol–water partition coefficient (Wildman–Crippen LogP) is 3.11. The van der Waals surface area contributed by atoms with Crippen LogP contribution in [0.4, 0.5) is 0 Å². The van der Waals surface area contributed by atoms with Crippen molar-refractivity contribution in [3.05, 3.63) is 28.5 Å². The first-order chi connectivity index (χ1) is 8.22. The summed E-state index contributed by atoms with van der Waals surface area (Å²) in [7, 11) is 0. The molecule has 1 aromatic rings. The summed E-state index contributed by atoms with van der Waals surface area (Å²) < 4.78 is 0.780. The minimum atomic E-state index is 0.0474. The number of rotatable bonds is 5. The number of amides is 1. The zero-order valence-corrected chi connectivity index (χ0v) is 11.6. The highest BCUT2D eigenvalue weighted by Gasteiger charge is 2.27. The molecule has 1 aliphatic rings. The molecule has 0 unspecified atom stereocenters. The quantitative estimate of drug-likeness (QED) is 0.836. The average molecular weight is 297 g/mol. The van der Waals surface area contributed by atoms with Crippen molar-refractivity contribution in [2.45, 2.75) is 26.2 Å². The largest absolute Gasteiger partial charge is 0.337 e. The van der Waals surface area contributed by atoms with Crippen molar-refractivity contribution in [3.63, 3.8) is 0 Å². The van der Waals surface area contributed by atoms with E-state index in [1.807, 2.05) is 17.0 Å². The molecule has 2 rings (SSSR count). The van der Waals surface area contributed by atoms with Gasteiger partial charge in [0.05, 0.1) is 0 Å². The molecular formula is C13H17BrN2O. The van der Waals surface area contributed by atoms with E-state index >= 15 is 0 Å². The minimum Gasteiger partial charge on any atom is -0.337 e. The van der Waals surface area contributed by atoms with Crippen molar-refractivity contribution in [1.29, 1.82) is 0 Å². The van der Waals surface area contributed by atoms with Gasteiger partial charge in [0.15, 0.2) is 0 Å². The van der Waals surface area contributed by atoms with Crippen LogP contribution in [0.25, 0.3) is 0 Å². The van der Waals surface area contributed by atoms with Crippen LogP contribution in [0.3, 0.4) is 0 Å². The van der Waals surface area contributed by atoms with Gasteiger partial charge in [-0.2, -0.15) is 0 Å². The summed E-state index contributed by atoms with van der Waals surface area (Å²) >= 11 is 3.39. The van der Waals surface area contributed by atoms with Crippen molar-refractivity contribution in [1.82, 2.24) is 9.88 Å². The lowest BCUT2D eigenvalue weighted by Crippen LogP contribution is -2.34. The zero-order chi connectivity index (χ0) is 12.3. The Bertz CT molecular complexity index is 404. The molecular weight excluding hydrogens is 280 g/mol. The monoisotopic (exact) mass is 296 g/mol. The van der Waals surface area contributed by atoms with E-state index in [4.69, 9.17) is 0 Å². The molecule has 1 aromatic heterocycles. The lowest BCUT2D eigenvalue weighted by molar-refractivity contribution is 0.0741. The third-order valence-electron chi connectivity index (χ3n) is 2.92. The molecule has 1 heterocycles. The summed E-state index contributed by atoms with van der Waals surface area (Å²) in [5.41, 5.74) is 0.529. The number of halogens is 1. The summed E-state index contributed by atoms with van der Waals surface area (Å²) in [4.78, 5) is 18.5. The molecule has 0 aromatic carbocycles. The van der Waals surface area contributed by atoms with Crippen LogP contribution >= 0.6 is 15.9 Å². The molecule has 1 fully saturated rings. The summed E-state index contributed by atoms with van der Waals surface area (Å²) in [6.07, 6.45) is 5.18. The second-order valence-corrected chi connectivity index (χ2v) is 5.38. The predicted molar refractivity (Wildman–Crippen MR) is 70.9 cm³/mol. The first-order valence-corrected chi connectivity index (χ1v) is 6.91. The van der Waals surface area contributed by atoms with Crippen LogP contribution in [-0.4, -0.2) is 28.9 Å². The molecule has 0 saturated heterocycles. The van der Waals surface area contributed by atoms with Crippen LogP contribution in [0.2, 0.25) is 0 Å². The fraction of sp³-hybridized carbons (Fsp3) is 0.538. The fourth-order valence-electron chi connectivity index (χ4n) is 1.85. The van der Waals surface area contributed by atoms with Crippen LogP contribution in [0.1, 0.15) is 36.7 Å². The van der Waals surface area contributed by atoms with Gasteiger partial charge in [-0.3, -0.25) is 4.79 Å². The molecule has 0 atom stereocenters. The highest BCUT2D eigenvalue weighted by atomic mass is 79.9. The third kappa shape index (κ3) is 3.28. The van der Waals surface area contributed by atoms with E-state index in [-0.39, 0.29) is 5.91 Å². The second-order valence-electron chi connectivity index (χ2n) is 4.53. The maximum absolute atomic E-state index is 12.4. The number of carbonyl (C=O) groups excluding carboxylic acids is 1. The highest BCUT2D eigenvalue weighted by molar-refractivity contribution is 9.10. The first kappa shape index (κ1) is 12.6. The highest BCUT2D eigenvalue weighted by Crippen LogP contribution is 2.30. The molecule has 17 heavy (non-hydrogen) atoms. The van der Waals surface area contributed by atoms with E-state index in [9.17, 15) is 4.79 Å². The van der Waals surface area contributed by atoms with Gasteiger partial charge in [0.25, 0.3) is 5.91 Å². The molecule has 0 radical (unpaired) electrons. The van der Waals surface area contributed by atoms with E-state index in [2.05, 4.69) is 27.8 Å². The molecule has 3 nitrogen and oxygen atoms in total. The molecule has 0 N–H and O–H groups in total. The minimum absolute atomic E-state index is 0.0474. The molecule has 1 saturated carbocycles.